The number of H-pyrrole nitrogens is 2. The molecule has 1 aliphatic rings. The van der Waals surface area contributed by atoms with Gasteiger partial charge in [0.2, 0.25) is 0 Å². The van der Waals surface area contributed by atoms with E-state index in [1.54, 1.807) is 6.20 Å². The van der Waals surface area contributed by atoms with Crippen LogP contribution in [0.4, 0.5) is 15.9 Å². The Kier molecular flexibility index (Phi) is 4.49. The van der Waals surface area contributed by atoms with Crippen molar-refractivity contribution in [1.29, 1.82) is 0 Å². The predicted molar refractivity (Wildman–Crippen MR) is 121 cm³/mol. The van der Waals surface area contributed by atoms with Crippen LogP contribution < -0.4 is 10.2 Å². The molecular weight excluding hydrogens is 423 g/mol. The molecule has 0 aliphatic carbocycles. The molecule has 164 valence electrons. The number of hydrogen-bond donors (Lipinski definition) is 3. The highest BCUT2D eigenvalue weighted by molar-refractivity contribution is 5.97. The predicted octanol–water partition coefficient (Wildman–Crippen LogP) is 3.42. The number of para-hydroxylation sites is 1. The Morgan fingerprint density at radius 1 is 1.21 bits per heavy atom. The van der Waals surface area contributed by atoms with Gasteiger partial charge in [0, 0.05) is 30.8 Å². The number of nitrogens with one attached hydrogen (secondary N) is 3. The van der Waals surface area contributed by atoms with Crippen LogP contribution in [0.15, 0.2) is 55.2 Å². The third-order valence-corrected chi connectivity index (χ3v) is 6.09. The molecule has 10 heteroatoms. The van der Waals surface area contributed by atoms with E-state index in [1.165, 1.54) is 30.4 Å². The molecule has 1 aliphatic heterocycles. The minimum absolute atomic E-state index is 0.00798. The monoisotopic (exact) mass is 442 g/mol. The molecule has 0 saturated carbocycles. The van der Waals surface area contributed by atoms with E-state index in [2.05, 4.69) is 52.5 Å². The average molecular weight is 442 g/mol. The highest BCUT2D eigenvalue weighted by atomic mass is 19.1. The first-order valence-corrected chi connectivity index (χ1v) is 10.6. The van der Waals surface area contributed by atoms with Crippen molar-refractivity contribution in [3.8, 4) is 0 Å². The summed E-state index contributed by atoms with van der Waals surface area (Å²) >= 11 is 0. The molecule has 33 heavy (non-hydrogen) atoms. The van der Waals surface area contributed by atoms with Gasteiger partial charge in [-0.1, -0.05) is 18.2 Å². The molecule has 0 spiro atoms. The van der Waals surface area contributed by atoms with Gasteiger partial charge >= 0.3 is 0 Å². The highest BCUT2D eigenvalue weighted by Crippen LogP contribution is 2.42. The summed E-state index contributed by atoms with van der Waals surface area (Å²) in [7, 11) is 0. The average Bonchev–Trinajstić information content (AvgIpc) is 3.56. The number of imidazole rings is 1. The molecule has 0 bridgehead atoms. The Morgan fingerprint density at radius 3 is 3.06 bits per heavy atom. The second-order valence-corrected chi connectivity index (χ2v) is 7.99. The Bertz CT molecular complexity index is 1490. The molecule has 1 atom stereocenters. The van der Waals surface area contributed by atoms with E-state index in [0.29, 0.717) is 36.2 Å². The van der Waals surface area contributed by atoms with Crippen molar-refractivity contribution in [3.05, 3.63) is 72.2 Å². The van der Waals surface area contributed by atoms with E-state index >= 15 is 0 Å². The lowest BCUT2D eigenvalue weighted by molar-refractivity contribution is 0.0948. The highest BCUT2D eigenvalue weighted by Gasteiger charge is 2.31. The largest absolute Gasteiger partial charge is 0.352 e. The minimum Gasteiger partial charge on any atom is -0.352 e. The van der Waals surface area contributed by atoms with Crippen LogP contribution in [0.5, 0.6) is 0 Å². The van der Waals surface area contributed by atoms with Crippen molar-refractivity contribution in [3.63, 3.8) is 0 Å². The Hall–Kier alpha value is -4.34. The molecule has 0 radical (unpaired) electrons. The van der Waals surface area contributed by atoms with Crippen LogP contribution >= 0.6 is 0 Å². The first kappa shape index (κ1) is 19.4. The molecule has 1 amide bonds. The maximum atomic E-state index is 14.4. The molecule has 9 nitrogen and oxygen atoms in total. The Labute approximate surface area is 187 Å². The smallest absolute Gasteiger partial charge is 0.254 e. The molecule has 3 N–H and O–H groups in total. The summed E-state index contributed by atoms with van der Waals surface area (Å²) in [5, 5.41) is 10.7. The number of hydrogen-bond acceptors (Lipinski definition) is 6. The molecule has 4 heterocycles. The number of carbonyl (C=O) groups excluding carboxylic acids is 1. The minimum atomic E-state index is -0.575. The fraction of sp³-hybridized carbons (Fsp3) is 0.174. The molecule has 0 fully saturated rings. The Morgan fingerprint density at radius 2 is 2.12 bits per heavy atom. The molecule has 0 saturated heterocycles. The fourth-order valence-electron chi connectivity index (χ4n) is 4.50. The van der Waals surface area contributed by atoms with Gasteiger partial charge < -0.3 is 15.2 Å². The number of rotatable bonds is 5. The van der Waals surface area contributed by atoms with Crippen LogP contribution in [-0.4, -0.2) is 49.1 Å². The van der Waals surface area contributed by atoms with Gasteiger partial charge in [0.25, 0.3) is 5.91 Å². The second kappa shape index (κ2) is 7.66. The summed E-state index contributed by atoms with van der Waals surface area (Å²) in [6, 6.07) is 10.9. The molecule has 2 aromatic carbocycles. The number of fused-ring (bicyclic) bond motifs is 3. The van der Waals surface area contributed by atoms with E-state index in [-0.39, 0.29) is 11.5 Å². The summed E-state index contributed by atoms with van der Waals surface area (Å²) < 4.78 is 14.4. The van der Waals surface area contributed by atoms with Gasteiger partial charge in [-0.2, -0.15) is 5.10 Å². The number of nitrogens with zero attached hydrogens (tertiary/aromatic N) is 5. The van der Waals surface area contributed by atoms with Gasteiger partial charge in [0.05, 0.1) is 34.5 Å². The number of halogens is 1. The summed E-state index contributed by atoms with van der Waals surface area (Å²) in [5.41, 5.74) is 4.05. The van der Waals surface area contributed by atoms with Crippen molar-refractivity contribution in [2.45, 2.75) is 12.3 Å². The molecule has 5 aromatic rings. The standard InChI is InChI=1S/C23H19FN8O/c24-17-8-19-18(26-11-27-19)7-15(17)23(33)25-6-5-13-10-32(20-4-2-1-3-14(13)20)22-16-9-30-31-21(16)28-12-29-22/h1-4,7-9,11-13H,5-6,10H2,(H,25,33)(H,26,27)(H,28,29,30,31). The lowest BCUT2D eigenvalue weighted by Crippen LogP contribution is -2.27. The van der Waals surface area contributed by atoms with Gasteiger partial charge in [-0.25, -0.2) is 19.3 Å². The quantitative estimate of drug-likeness (QED) is 0.384. The number of anilines is 2. The van der Waals surface area contributed by atoms with Crippen molar-refractivity contribution < 1.29 is 9.18 Å². The van der Waals surface area contributed by atoms with Crippen molar-refractivity contribution in [1.82, 2.24) is 35.5 Å². The second-order valence-electron chi connectivity index (χ2n) is 7.99. The molecular formula is C23H19FN8O. The van der Waals surface area contributed by atoms with Crippen LogP contribution in [0.1, 0.15) is 28.3 Å². The third kappa shape index (κ3) is 3.27. The lowest BCUT2D eigenvalue weighted by atomic mass is 9.98. The molecule has 3 aromatic heterocycles. The lowest BCUT2D eigenvalue weighted by Gasteiger charge is -2.19. The van der Waals surface area contributed by atoms with Crippen molar-refractivity contribution in [2.24, 2.45) is 0 Å². The summed E-state index contributed by atoms with van der Waals surface area (Å²) in [6.45, 7) is 1.12. The normalized spacial score (nSPS) is 15.3. The van der Waals surface area contributed by atoms with Crippen LogP contribution in [0.25, 0.3) is 22.1 Å². The Balaban J connectivity index is 1.20. The summed E-state index contributed by atoms with van der Waals surface area (Å²) in [6.07, 6.45) is 5.43. The first-order valence-electron chi connectivity index (χ1n) is 10.6. The molecule has 6 rings (SSSR count). The topological polar surface area (TPSA) is 115 Å². The summed E-state index contributed by atoms with van der Waals surface area (Å²) in [4.78, 5) is 30.5. The zero-order valence-electron chi connectivity index (χ0n) is 17.4. The van der Waals surface area contributed by atoms with Gasteiger partial charge in [-0.05, 0) is 24.1 Å². The van der Waals surface area contributed by atoms with Crippen molar-refractivity contribution >= 4 is 39.5 Å². The van der Waals surface area contributed by atoms with Gasteiger partial charge in [0.1, 0.15) is 18.0 Å². The summed E-state index contributed by atoms with van der Waals surface area (Å²) in [5.74, 6) is -0.0508. The number of amides is 1. The van der Waals surface area contributed by atoms with Crippen LogP contribution in [-0.2, 0) is 0 Å². The zero-order valence-corrected chi connectivity index (χ0v) is 17.4. The number of benzene rings is 2. The van der Waals surface area contributed by atoms with Gasteiger partial charge in [0.15, 0.2) is 5.65 Å². The number of carbonyl (C=O) groups is 1. The van der Waals surface area contributed by atoms with E-state index in [1.807, 2.05) is 12.1 Å². The van der Waals surface area contributed by atoms with Crippen LogP contribution in [0.3, 0.4) is 0 Å². The van der Waals surface area contributed by atoms with Gasteiger partial charge in [-0.15, -0.1) is 0 Å². The van der Waals surface area contributed by atoms with Gasteiger partial charge in [-0.3, -0.25) is 9.89 Å². The van der Waals surface area contributed by atoms with E-state index in [4.69, 9.17) is 0 Å². The van der Waals surface area contributed by atoms with E-state index < -0.39 is 11.7 Å². The van der Waals surface area contributed by atoms with Crippen LogP contribution in [0, 0.1) is 5.82 Å². The molecule has 1 unspecified atom stereocenters. The van der Waals surface area contributed by atoms with E-state index in [9.17, 15) is 9.18 Å². The third-order valence-electron chi connectivity index (χ3n) is 6.09. The maximum absolute atomic E-state index is 14.4. The first-order chi connectivity index (χ1) is 16.2. The SMILES string of the molecule is O=C(NCCC1CN(c2ncnc3[nH]ncc23)c2ccccc21)c1cc2nc[nH]c2cc1F. The number of aromatic amines is 2. The maximum Gasteiger partial charge on any atom is 0.254 e. The number of aromatic nitrogens is 6. The van der Waals surface area contributed by atoms with Crippen molar-refractivity contribution in [2.75, 3.05) is 18.0 Å². The van der Waals surface area contributed by atoms with E-state index in [0.717, 1.165) is 16.9 Å². The fourth-order valence-corrected chi connectivity index (χ4v) is 4.50. The zero-order chi connectivity index (χ0) is 22.4. The van der Waals surface area contributed by atoms with Crippen LogP contribution in [0.2, 0.25) is 0 Å².